The van der Waals surface area contributed by atoms with Gasteiger partial charge >= 0.3 is 25.4 Å². The van der Waals surface area contributed by atoms with E-state index in [1.54, 1.807) is 6.92 Å². The number of hydrogen-bond acceptors (Lipinski definition) is 3. The van der Waals surface area contributed by atoms with Crippen molar-refractivity contribution >= 4 is 11.9 Å². The van der Waals surface area contributed by atoms with Crippen molar-refractivity contribution in [3.8, 4) is 0 Å². The Hall–Kier alpha value is -0.697. The first-order valence-corrected chi connectivity index (χ1v) is 2.45. The Morgan fingerprint density at radius 2 is 1.73 bits per heavy atom. The number of carbonyl (C=O) groups excluding carboxylic acids is 1. The minimum absolute atomic E-state index is 0. The van der Waals surface area contributed by atoms with Crippen LogP contribution in [0.5, 0.6) is 0 Å². The Bertz CT molecular complexity index is 126. The van der Waals surface area contributed by atoms with Crippen molar-refractivity contribution in [2.45, 2.75) is 6.92 Å². The first-order valence-electron chi connectivity index (χ1n) is 2.45. The fourth-order valence-electron chi connectivity index (χ4n) is 0.139. The van der Waals surface area contributed by atoms with Crippen molar-refractivity contribution < 1.29 is 39.3 Å². The van der Waals surface area contributed by atoms with Crippen LogP contribution in [0, 0.1) is 6.92 Å². The molecule has 0 atom stereocenters. The number of rotatable bonds is 2. The second kappa shape index (κ2) is 12.0. The van der Waals surface area contributed by atoms with Gasteiger partial charge in [-0.15, -0.1) is 0 Å². The summed E-state index contributed by atoms with van der Waals surface area (Å²) in [6.07, 6.45) is 0.942. The van der Waals surface area contributed by atoms with E-state index in [2.05, 4.69) is 6.92 Å². The van der Waals surface area contributed by atoms with Crippen molar-refractivity contribution in [2.75, 3.05) is 0 Å². The molecule has 0 unspecified atom stereocenters. The van der Waals surface area contributed by atoms with Crippen molar-refractivity contribution in [1.82, 2.24) is 0 Å². The fraction of sp³-hybridized carbons (Fsp3) is 0.167. The quantitative estimate of drug-likeness (QED) is 0.368. The molecule has 5 heteroatoms. The normalized spacial score (nSPS) is 7.45. The molecule has 11 heavy (non-hydrogen) atoms. The smallest absolute Gasteiger partial charge is 0.545 e. The molecule has 0 aromatic rings. The average Bonchev–Trinajstić information content (AvgIpc) is 1.89. The molecule has 4 nitrogen and oxygen atoms in total. The van der Waals surface area contributed by atoms with E-state index in [0.717, 1.165) is 0 Å². The molecule has 0 saturated heterocycles. The third-order valence-electron chi connectivity index (χ3n) is 0.362. The van der Waals surface area contributed by atoms with Gasteiger partial charge in [0.1, 0.15) is 0 Å². The molecule has 0 saturated carbocycles. The largest absolute Gasteiger partial charge is 2.00 e. The zero-order valence-corrected chi connectivity index (χ0v) is 9.21. The van der Waals surface area contributed by atoms with E-state index in [4.69, 9.17) is 5.11 Å². The molecule has 0 aliphatic rings. The number of hydrogen-bond donors (Lipinski definition) is 1. The summed E-state index contributed by atoms with van der Waals surface area (Å²) in [6, 6.07) is 0. The number of carbonyl (C=O) groups is 2. The van der Waals surface area contributed by atoms with Gasteiger partial charge in [0.05, 0.1) is 5.97 Å². The topological polar surface area (TPSA) is 77.4 Å². The minimum atomic E-state index is -1.51. The maximum atomic E-state index is 9.53. The van der Waals surface area contributed by atoms with E-state index < -0.39 is 11.9 Å². The van der Waals surface area contributed by atoms with E-state index in [1.165, 1.54) is 0 Å². The summed E-state index contributed by atoms with van der Waals surface area (Å²) >= 11 is 0. The Morgan fingerprint density at radius 3 is 1.82 bits per heavy atom. The maximum Gasteiger partial charge on any atom is 2.00 e. The third-order valence-corrected chi connectivity index (χ3v) is 0.362. The van der Waals surface area contributed by atoms with Gasteiger partial charge in [-0.25, -0.2) is 4.79 Å². The SMILES string of the molecule is O=C([O-])/C=C/C(=O)O.[CH2-]C.[Zn+2]. The molecule has 0 aliphatic heterocycles. The molecule has 0 rings (SSSR count). The molecular weight excluding hydrogens is 201 g/mol. The van der Waals surface area contributed by atoms with Gasteiger partial charge in [0.25, 0.3) is 0 Å². The van der Waals surface area contributed by atoms with Crippen LogP contribution in [0.25, 0.3) is 0 Å². The molecule has 58 valence electrons. The van der Waals surface area contributed by atoms with Gasteiger partial charge in [-0.2, -0.15) is 6.92 Å². The van der Waals surface area contributed by atoms with Crippen molar-refractivity contribution in [3.05, 3.63) is 19.1 Å². The zero-order valence-electron chi connectivity index (χ0n) is 6.24. The van der Waals surface area contributed by atoms with Crippen LogP contribution in [0.2, 0.25) is 0 Å². The van der Waals surface area contributed by atoms with Gasteiger partial charge in [-0.1, -0.05) is 0 Å². The fourth-order valence-corrected chi connectivity index (χ4v) is 0.139. The molecule has 0 aliphatic carbocycles. The average molecular weight is 210 g/mol. The van der Waals surface area contributed by atoms with Crippen LogP contribution >= 0.6 is 0 Å². The third kappa shape index (κ3) is 26.8. The summed E-state index contributed by atoms with van der Waals surface area (Å²) in [7, 11) is 0. The van der Waals surface area contributed by atoms with Crippen molar-refractivity contribution in [3.63, 3.8) is 0 Å². The maximum absolute atomic E-state index is 9.53. The van der Waals surface area contributed by atoms with Gasteiger partial charge < -0.3 is 21.9 Å². The minimum Gasteiger partial charge on any atom is -0.545 e. The Morgan fingerprint density at radius 1 is 1.36 bits per heavy atom. The molecule has 0 radical (unpaired) electrons. The van der Waals surface area contributed by atoms with Crippen LogP contribution in [0.4, 0.5) is 0 Å². The second-order valence-corrected chi connectivity index (χ2v) is 0.991. The van der Waals surface area contributed by atoms with E-state index in [-0.39, 0.29) is 19.5 Å². The van der Waals surface area contributed by atoms with E-state index >= 15 is 0 Å². The predicted molar refractivity (Wildman–Crippen MR) is 32.8 cm³/mol. The Balaban J connectivity index is -0.000000196. The molecular formula is C6H8O4Zn. The van der Waals surface area contributed by atoms with Crippen molar-refractivity contribution in [1.29, 1.82) is 0 Å². The monoisotopic (exact) mass is 208 g/mol. The standard InChI is InChI=1S/C4H4O4.C2H5.Zn/c5-3(6)1-2-4(7)8;1-2;/h1-2H,(H,5,6)(H,7,8);1H2,2H3;/q;-1;+2/p-1/b2-1+;;. The first-order chi connectivity index (χ1) is 4.63. The van der Waals surface area contributed by atoms with Crippen LogP contribution in [-0.4, -0.2) is 17.0 Å². The summed E-state index contributed by atoms with van der Waals surface area (Å²) in [6.45, 7) is 5.00. The van der Waals surface area contributed by atoms with E-state index in [0.29, 0.717) is 12.2 Å². The summed E-state index contributed by atoms with van der Waals surface area (Å²) in [5.41, 5.74) is 0. The predicted octanol–water partition coefficient (Wildman–Crippen LogP) is -0.785. The van der Waals surface area contributed by atoms with Gasteiger partial charge in [0.2, 0.25) is 0 Å². The van der Waals surface area contributed by atoms with Crippen LogP contribution in [0.15, 0.2) is 12.2 Å². The van der Waals surface area contributed by atoms with Crippen LogP contribution in [0.3, 0.4) is 0 Å². The summed E-state index contributed by atoms with van der Waals surface area (Å²) in [5, 5.41) is 17.2. The molecule has 0 heterocycles. The van der Waals surface area contributed by atoms with Crippen LogP contribution < -0.4 is 5.11 Å². The Kier molecular flexibility index (Phi) is 18.3. The van der Waals surface area contributed by atoms with Gasteiger partial charge in [-0.3, -0.25) is 0 Å². The van der Waals surface area contributed by atoms with Gasteiger partial charge in [-0.05, 0) is 6.08 Å². The summed E-state index contributed by atoms with van der Waals surface area (Å²) in [4.78, 5) is 19.0. The number of carboxylic acid groups (broad SMARTS) is 2. The molecule has 0 aromatic carbocycles. The molecule has 0 amide bonds. The van der Waals surface area contributed by atoms with Crippen molar-refractivity contribution in [2.24, 2.45) is 0 Å². The molecule has 1 N–H and O–H groups in total. The number of carboxylic acids is 2. The molecule has 0 fully saturated rings. The van der Waals surface area contributed by atoms with Crippen LogP contribution in [0.1, 0.15) is 6.92 Å². The number of aliphatic carboxylic acids is 2. The molecule has 0 spiro atoms. The van der Waals surface area contributed by atoms with Crippen LogP contribution in [-0.2, 0) is 29.1 Å². The molecule has 0 bridgehead atoms. The first kappa shape index (κ1) is 16.7. The zero-order chi connectivity index (χ0) is 8.57. The second-order valence-electron chi connectivity index (χ2n) is 0.991. The summed E-state index contributed by atoms with van der Waals surface area (Å²) < 4.78 is 0. The summed E-state index contributed by atoms with van der Waals surface area (Å²) in [5.74, 6) is -2.80. The van der Waals surface area contributed by atoms with Gasteiger partial charge in [0.15, 0.2) is 0 Å². The van der Waals surface area contributed by atoms with E-state index in [1.807, 2.05) is 0 Å². The molecule has 0 aromatic heterocycles. The Labute approximate surface area is 77.7 Å². The van der Waals surface area contributed by atoms with Gasteiger partial charge in [0, 0.05) is 6.08 Å². The van der Waals surface area contributed by atoms with E-state index in [9.17, 15) is 14.7 Å².